The van der Waals surface area contributed by atoms with Gasteiger partial charge in [-0.15, -0.1) is 0 Å². The van der Waals surface area contributed by atoms with E-state index < -0.39 is 6.04 Å². The van der Waals surface area contributed by atoms with Gasteiger partial charge in [-0.3, -0.25) is 9.59 Å². The molecule has 0 bridgehead atoms. The van der Waals surface area contributed by atoms with Crippen LogP contribution in [0.25, 0.3) is 0 Å². The van der Waals surface area contributed by atoms with Crippen molar-refractivity contribution in [1.29, 1.82) is 0 Å². The lowest BCUT2D eigenvalue weighted by molar-refractivity contribution is -0.124. The van der Waals surface area contributed by atoms with E-state index >= 15 is 0 Å². The van der Waals surface area contributed by atoms with Crippen molar-refractivity contribution in [2.24, 2.45) is 5.92 Å². The maximum Gasteiger partial charge on any atom is 0.287 e. The standard InChI is InChI=1S/C17H19ClN4O2/c1-11-7-8-19-16(23)15(11)21-13-9-20-22(17(24)14(13)18)10-12-5-3-2-4-6-12/h2-6,9,11,15,21H,7-8,10H2,1H3,(H,19,23)/t11-,15+/m1/s1. The van der Waals surface area contributed by atoms with Crippen LogP contribution in [0, 0.1) is 5.92 Å². The van der Waals surface area contributed by atoms with Gasteiger partial charge >= 0.3 is 0 Å². The number of anilines is 1. The van der Waals surface area contributed by atoms with E-state index in [-0.39, 0.29) is 22.4 Å². The molecular weight excluding hydrogens is 328 g/mol. The van der Waals surface area contributed by atoms with Gasteiger partial charge in [0.25, 0.3) is 5.56 Å². The lowest BCUT2D eigenvalue weighted by Crippen LogP contribution is -2.49. The van der Waals surface area contributed by atoms with Gasteiger partial charge in [0.1, 0.15) is 11.1 Å². The molecule has 1 aliphatic rings. The van der Waals surface area contributed by atoms with Gasteiger partial charge in [-0.1, -0.05) is 48.9 Å². The van der Waals surface area contributed by atoms with E-state index in [2.05, 4.69) is 15.7 Å². The van der Waals surface area contributed by atoms with Gasteiger partial charge < -0.3 is 10.6 Å². The van der Waals surface area contributed by atoms with Crippen LogP contribution in [0.5, 0.6) is 0 Å². The quantitative estimate of drug-likeness (QED) is 0.886. The molecule has 0 spiro atoms. The highest BCUT2D eigenvalue weighted by Crippen LogP contribution is 2.22. The predicted molar refractivity (Wildman–Crippen MR) is 93.3 cm³/mol. The molecule has 3 rings (SSSR count). The number of aromatic nitrogens is 2. The van der Waals surface area contributed by atoms with Gasteiger partial charge in [-0.05, 0) is 17.9 Å². The monoisotopic (exact) mass is 346 g/mol. The molecule has 0 radical (unpaired) electrons. The molecule has 1 amide bonds. The van der Waals surface area contributed by atoms with E-state index in [9.17, 15) is 9.59 Å². The molecule has 2 heterocycles. The number of piperidine rings is 1. The summed E-state index contributed by atoms with van der Waals surface area (Å²) in [5.41, 5.74) is 0.971. The number of amides is 1. The van der Waals surface area contributed by atoms with Crippen LogP contribution in [0.3, 0.4) is 0 Å². The molecule has 1 aliphatic heterocycles. The molecule has 0 aliphatic carbocycles. The summed E-state index contributed by atoms with van der Waals surface area (Å²) in [6.07, 6.45) is 2.38. The van der Waals surface area contributed by atoms with Gasteiger partial charge in [0.2, 0.25) is 5.91 Å². The number of benzene rings is 1. The molecule has 7 heteroatoms. The van der Waals surface area contributed by atoms with Crippen molar-refractivity contribution in [2.75, 3.05) is 11.9 Å². The van der Waals surface area contributed by atoms with Crippen molar-refractivity contribution < 1.29 is 4.79 Å². The second-order valence-electron chi connectivity index (χ2n) is 6.00. The third kappa shape index (κ3) is 3.43. The Hall–Kier alpha value is -2.34. The second-order valence-corrected chi connectivity index (χ2v) is 6.38. The minimum Gasteiger partial charge on any atom is -0.371 e. The van der Waals surface area contributed by atoms with E-state index in [0.29, 0.717) is 18.8 Å². The van der Waals surface area contributed by atoms with Gasteiger partial charge in [0, 0.05) is 6.54 Å². The average Bonchev–Trinajstić information content (AvgIpc) is 2.58. The van der Waals surface area contributed by atoms with Gasteiger partial charge in [0.05, 0.1) is 18.4 Å². The lowest BCUT2D eigenvalue weighted by Gasteiger charge is -2.29. The van der Waals surface area contributed by atoms with E-state index in [1.165, 1.54) is 10.9 Å². The summed E-state index contributed by atoms with van der Waals surface area (Å²) in [7, 11) is 0. The van der Waals surface area contributed by atoms with Gasteiger partial charge in [0.15, 0.2) is 0 Å². The van der Waals surface area contributed by atoms with Crippen molar-refractivity contribution >= 4 is 23.2 Å². The molecule has 0 unspecified atom stereocenters. The average molecular weight is 347 g/mol. The molecule has 126 valence electrons. The number of hydrogen-bond donors (Lipinski definition) is 2. The smallest absolute Gasteiger partial charge is 0.287 e. The number of hydrogen-bond acceptors (Lipinski definition) is 4. The molecule has 2 N–H and O–H groups in total. The normalized spacial score (nSPS) is 20.5. The Morgan fingerprint density at radius 3 is 2.79 bits per heavy atom. The first-order valence-corrected chi connectivity index (χ1v) is 8.28. The number of carbonyl (C=O) groups excluding carboxylic acids is 1. The molecule has 0 saturated carbocycles. The number of halogens is 1. The first kappa shape index (κ1) is 16.5. The first-order valence-electron chi connectivity index (χ1n) is 7.90. The number of rotatable bonds is 4. The molecule has 2 aromatic rings. The van der Waals surface area contributed by atoms with Crippen LogP contribution in [0.2, 0.25) is 5.02 Å². The Bertz CT molecular complexity index is 791. The fourth-order valence-corrected chi connectivity index (χ4v) is 2.97. The summed E-state index contributed by atoms with van der Waals surface area (Å²) in [4.78, 5) is 24.4. The Balaban J connectivity index is 1.82. The van der Waals surface area contributed by atoms with Gasteiger partial charge in [-0.25, -0.2) is 4.68 Å². The fraction of sp³-hybridized carbons (Fsp3) is 0.353. The van der Waals surface area contributed by atoms with E-state index in [4.69, 9.17) is 11.6 Å². The predicted octanol–water partition coefficient (Wildman–Crippen LogP) is 1.88. The number of carbonyl (C=O) groups is 1. The van der Waals surface area contributed by atoms with Crippen molar-refractivity contribution in [1.82, 2.24) is 15.1 Å². The van der Waals surface area contributed by atoms with E-state index in [0.717, 1.165) is 12.0 Å². The Labute approximate surface area is 144 Å². The number of nitrogens with one attached hydrogen (secondary N) is 2. The summed E-state index contributed by atoms with van der Waals surface area (Å²) in [5, 5.41) is 10.1. The topological polar surface area (TPSA) is 76.0 Å². The fourth-order valence-electron chi connectivity index (χ4n) is 2.77. The minimum atomic E-state index is -0.414. The van der Waals surface area contributed by atoms with Crippen molar-refractivity contribution in [3.63, 3.8) is 0 Å². The van der Waals surface area contributed by atoms with Crippen LogP contribution in [0.1, 0.15) is 18.9 Å². The minimum absolute atomic E-state index is 0.0477. The summed E-state index contributed by atoms with van der Waals surface area (Å²) >= 11 is 6.21. The largest absolute Gasteiger partial charge is 0.371 e. The molecule has 1 fully saturated rings. The van der Waals surface area contributed by atoms with Crippen LogP contribution in [0.15, 0.2) is 41.3 Å². The molecule has 2 atom stereocenters. The third-order valence-corrected chi connectivity index (χ3v) is 4.59. The summed E-state index contributed by atoms with van der Waals surface area (Å²) in [6.45, 7) is 3.01. The highest BCUT2D eigenvalue weighted by Gasteiger charge is 2.29. The zero-order chi connectivity index (χ0) is 17.1. The molecule has 6 nitrogen and oxygen atoms in total. The highest BCUT2D eigenvalue weighted by atomic mass is 35.5. The van der Waals surface area contributed by atoms with Crippen molar-refractivity contribution in [3.8, 4) is 0 Å². The SMILES string of the molecule is C[C@@H]1CCNC(=O)[C@H]1Nc1cnn(Cc2ccccc2)c(=O)c1Cl. The Morgan fingerprint density at radius 2 is 2.08 bits per heavy atom. The first-order chi connectivity index (χ1) is 11.6. The third-order valence-electron chi connectivity index (χ3n) is 4.22. The number of nitrogens with zero attached hydrogens (tertiary/aromatic N) is 2. The van der Waals surface area contributed by atoms with Crippen LogP contribution < -0.4 is 16.2 Å². The Morgan fingerprint density at radius 1 is 1.33 bits per heavy atom. The van der Waals surface area contributed by atoms with E-state index in [1.807, 2.05) is 37.3 Å². The van der Waals surface area contributed by atoms with Gasteiger partial charge in [-0.2, -0.15) is 5.10 Å². The summed E-state index contributed by atoms with van der Waals surface area (Å²) in [5.74, 6) is 0.0693. The highest BCUT2D eigenvalue weighted by molar-refractivity contribution is 6.33. The molecule has 24 heavy (non-hydrogen) atoms. The van der Waals surface area contributed by atoms with Crippen LogP contribution in [0.4, 0.5) is 5.69 Å². The van der Waals surface area contributed by atoms with Crippen molar-refractivity contribution in [2.45, 2.75) is 25.9 Å². The maximum atomic E-state index is 12.4. The lowest BCUT2D eigenvalue weighted by atomic mass is 9.94. The molecule has 1 aromatic carbocycles. The molecule has 1 saturated heterocycles. The van der Waals surface area contributed by atoms with E-state index in [1.54, 1.807) is 0 Å². The maximum absolute atomic E-state index is 12.4. The zero-order valence-electron chi connectivity index (χ0n) is 13.3. The second kappa shape index (κ2) is 7.05. The molecular formula is C17H19ClN4O2. The van der Waals surface area contributed by atoms with Crippen LogP contribution in [-0.2, 0) is 11.3 Å². The summed E-state index contributed by atoms with van der Waals surface area (Å²) < 4.78 is 1.31. The van der Waals surface area contributed by atoms with Crippen LogP contribution >= 0.6 is 11.6 Å². The van der Waals surface area contributed by atoms with Crippen LogP contribution in [-0.4, -0.2) is 28.3 Å². The van der Waals surface area contributed by atoms with Crippen molar-refractivity contribution in [3.05, 3.63) is 57.5 Å². The summed E-state index contributed by atoms with van der Waals surface area (Å²) in [6, 6.07) is 9.14. The zero-order valence-corrected chi connectivity index (χ0v) is 14.1. The Kier molecular flexibility index (Phi) is 4.85. The molecule has 1 aromatic heterocycles.